The Kier molecular flexibility index (Phi) is 6.50. The molecule has 8 nitrogen and oxygen atoms in total. The quantitative estimate of drug-likeness (QED) is 0.305. The molecule has 0 unspecified atom stereocenters. The van der Waals surface area contributed by atoms with Crippen LogP contribution in [0, 0.1) is 6.92 Å². The highest BCUT2D eigenvalue weighted by molar-refractivity contribution is 5.72. The number of hydrogen-bond acceptors (Lipinski definition) is 7. The zero-order valence-corrected chi connectivity index (χ0v) is 20.3. The van der Waals surface area contributed by atoms with Gasteiger partial charge in [-0.05, 0) is 61.4 Å². The van der Waals surface area contributed by atoms with Crippen molar-refractivity contribution in [1.29, 1.82) is 0 Å². The number of oxazole rings is 1. The number of nitrogens with one attached hydrogen (secondary N) is 1. The normalized spacial score (nSPS) is 11.5. The number of benzene rings is 2. The van der Waals surface area contributed by atoms with Gasteiger partial charge < -0.3 is 9.73 Å². The van der Waals surface area contributed by atoms with Crippen molar-refractivity contribution in [2.75, 3.05) is 11.9 Å². The summed E-state index contributed by atoms with van der Waals surface area (Å²) in [4.78, 5) is 25.2. The molecule has 2 aromatic carbocycles. The zero-order valence-electron chi connectivity index (χ0n) is 20.3. The molecule has 3 aromatic heterocycles. The summed E-state index contributed by atoms with van der Waals surface area (Å²) in [6.07, 6.45) is 2.41. The smallest absolute Gasteiger partial charge is 0.418 e. The molecular formula is C27H21F3N6O2. The maximum atomic E-state index is 14.1. The van der Waals surface area contributed by atoms with Crippen LogP contribution >= 0.6 is 0 Å². The molecule has 0 spiro atoms. The first-order chi connectivity index (χ1) is 18.2. The van der Waals surface area contributed by atoms with Crippen LogP contribution < -0.4 is 10.9 Å². The molecule has 0 aliphatic rings. The van der Waals surface area contributed by atoms with Crippen LogP contribution in [0.3, 0.4) is 0 Å². The van der Waals surface area contributed by atoms with Crippen LogP contribution in [0.4, 0.5) is 18.9 Å². The van der Waals surface area contributed by atoms with Crippen LogP contribution in [0.5, 0.6) is 0 Å². The lowest BCUT2D eigenvalue weighted by Gasteiger charge is -2.17. The van der Waals surface area contributed by atoms with Gasteiger partial charge in [0.15, 0.2) is 12.2 Å². The number of anilines is 1. The minimum Gasteiger partial charge on any atom is -0.444 e. The van der Waals surface area contributed by atoms with Crippen LogP contribution in [0.15, 0.2) is 83.0 Å². The van der Waals surface area contributed by atoms with E-state index in [0.717, 1.165) is 16.3 Å². The molecule has 11 heteroatoms. The molecule has 0 bridgehead atoms. The van der Waals surface area contributed by atoms with Gasteiger partial charge in [-0.15, -0.1) is 0 Å². The molecule has 0 aliphatic carbocycles. The molecule has 3 heterocycles. The second-order valence-corrected chi connectivity index (χ2v) is 8.50. The van der Waals surface area contributed by atoms with Gasteiger partial charge in [-0.2, -0.15) is 23.0 Å². The Morgan fingerprint density at radius 3 is 2.37 bits per heavy atom. The molecule has 0 atom stereocenters. The highest BCUT2D eigenvalue weighted by Gasteiger charge is 2.35. The minimum absolute atomic E-state index is 0.113. The molecule has 38 heavy (non-hydrogen) atoms. The van der Waals surface area contributed by atoms with Gasteiger partial charge in [0.2, 0.25) is 0 Å². The van der Waals surface area contributed by atoms with Gasteiger partial charge in [-0.3, -0.25) is 4.79 Å². The highest BCUT2D eigenvalue weighted by Crippen LogP contribution is 2.36. The van der Waals surface area contributed by atoms with E-state index in [1.807, 2.05) is 19.1 Å². The summed E-state index contributed by atoms with van der Waals surface area (Å²) >= 11 is 0. The molecule has 0 amide bonds. The first-order valence-corrected chi connectivity index (χ1v) is 11.6. The fourth-order valence-electron chi connectivity index (χ4n) is 4.12. The van der Waals surface area contributed by atoms with Crippen molar-refractivity contribution >= 4 is 5.69 Å². The molecule has 0 fully saturated rings. The third-order valence-electron chi connectivity index (χ3n) is 5.79. The standard InChI is InChI=1S/C27H21F3N6O2/c1-3-34-23-10-22(18-6-16(2)7-19(8-18)25-13-33-15-38-25)35-36(26(23)37)24-9-17(20-11-31-14-32-12-20)4-5-21(24)27(28,29)30/h4-15,34H,3H2,1-2H3. The topological polar surface area (TPSA) is 98.7 Å². The number of rotatable bonds is 6. The van der Waals surface area contributed by atoms with Gasteiger partial charge in [0, 0.05) is 35.6 Å². The number of alkyl halides is 3. The number of aromatic nitrogens is 5. The molecule has 5 rings (SSSR count). The number of halogens is 3. The van der Waals surface area contributed by atoms with E-state index in [1.165, 1.54) is 43.3 Å². The van der Waals surface area contributed by atoms with Gasteiger partial charge in [-0.25, -0.2) is 15.0 Å². The average Bonchev–Trinajstić information content (AvgIpc) is 3.45. The zero-order chi connectivity index (χ0) is 26.9. The molecule has 0 radical (unpaired) electrons. The molecule has 1 N–H and O–H groups in total. The number of nitrogens with zero attached hydrogens (tertiary/aromatic N) is 5. The van der Waals surface area contributed by atoms with Gasteiger partial charge in [-0.1, -0.05) is 6.07 Å². The van der Waals surface area contributed by atoms with E-state index in [4.69, 9.17) is 4.42 Å². The van der Waals surface area contributed by atoms with E-state index in [9.17, 15) is 18.0 Å². The lowest BCUT2D eigenvalue weighted by Crippen LogP contribution is -2.27. The maximum Gasteiger partial charge on any atom is 0.418 e. The second kappa shape index (κ2) is 9.92. The maximum absolute atomic E-state index is 14.1. The van der Waals surface area contributed by atoms with E-state index in [1.54, 1.807) is 19.2 Å². The first-order valence-electron chi connectivity index (χ1n) is 11.6. The van der Waals surface area contributed by atoms with E-state index in [-0.39, 0.29) is 5.69 Å². The Hall–Kier alpha value is -4.80. The Morgan fingerprint density at radius 2 is 1.68 bits per heavy atom. The predicted molar refractivity (Wildman–Crippen MR) is 136 cm³/mol. The van der Waals surface area contributed by atoms with Crippen LogP contribution in [0.1, 0.15) is 18.1 Å². The largest absolute Gasteiger partial charge is 0.444 e. The Bertz CT molecular complexity index is 1650. The summed E-state index contributed by atoms with van der Waals surface area (Å²) < 4.78 is 48.6. The van der Waals surface area contributed by atoms with Gasteiger partial charge in [0.05, 0.1) is 23.1 Å². The molecule has 5 aromatic rings. The highest BCUT2D eigenvalue weighted by atomic mass is 19.4. The van der Waals surface area contributed by atoms with Crippen molar-refractivity contribution in [2.24, 2.45) is 0 Å². The van der Waals surface area contributed by atoms with E-state index in [0.29, 0.717) is 40.3 Å². The summed E-state index contributed by atoms with van der Waals surface area (Å²) in [7, 11) is 0. The SMILES string of the molecule is CCNc1cc(-c2cc(C)cc(-c3cnco3)c2)nn(-c2cc(-c3cncnc3)ccc2C(F)(F)F)c1=O. The first kappa shape index (κ1) is 24.9. The van der Waals surface area contributed by atoms with E-state index >= 15 is 0 Å². The van der Waals surface area contributed by atoms with Crippen LogP contribution in [0.25, 0.3) is 39.4 Å². The summed E-state index contributed by atoms with van der Waals surface area (Å²) in [6.45, 7) is 4.04. The van der Waals surface area contributed by atoms with Crippen molar-refractivity contribution in [3.05, 3.63) is 95.3 Å². The van der Waals surface area contributed by atoms with Crippen molar-refractivity contribution in [3.63, 3.8) is 0 Å². The molecular weight excluding hydrogens is 497 g/mol. The third-order valence-corrected chi connectivity index (χ3v) is 5.79. The lowest BCUT2D eigenvalue weighted by molar-refractivity contribution is -0.137. The average molecular weight is 518 g/mol. The van der Waals surface area contributed by atoms with Crippen molar-refractivity contribution in [1.82, 2.24) is 24.7 Å². The monoisotopic (exact) mass is 518 g/mol. The van der Waals surface area contributed by atoms with E-state index < -0.39 is 23.0 Å². The molecule has 0 saturated heterocycles. The van der Waals surface area contributed by atoms with Crippen molar-refractivity contribution < 1.29 is 17.6 Å². The summed E-state index contributed by atoms with van der Waals surface area (Å²) in [5.41, 5.74) is 1.34. The lowest BCUT2D eigenvalue weighted by atomic mass is 10.0. The van der Waals surface area contributed by atoms with Gasteiger partial charge in [0.1, 0.15) is 12.0 Å². The van der Waals surface area contributed by atoms with Gasteiger partial charge in [0.25, 0.3) is 5.56 Å². The van der Waals surface area contributed by atoms with Crippen LogP contribution in [-0.2, 0) is 6.18 Å². The summed E-state index contributed by atoms with van der Waals surface area (Å²) in [5.74, 6) is 0.521. The van der Waals surface area contributed by atoms with E-state index in [2.05, 4.69) is 25.4 Å². The Morgan fingerprint density at radius 1 is 0.921 bits per heavy atom. The van der Waals surface area contributed by atoms with Crippen LogP contribution in [-0.4, -0.2) is 31.3 Å². The fraction of sp³-hybridized carbons (Fsp3) is 0.148. The molecule has 0 saturated carbocycles. The summed E-state index contributed by atoms with van der Waals surface area (Å²) in [5, 5.41) is 7.37. The van der Waals surface area contributed by atoms with Crippen molar-refractivity contribution in [2.45, 2.75) is 20.0 Å². The third kappa shape index (κ3) is 4.90. The minimum atomic E-state index is -4.74. The fourth-order valence-corrected chi connectivity index (χ4v) is 4.12. The van der Waals surface area contributed by atoms with Crippen molar-refractivity contribution in [3.8, 4) is 39.4 Å². The number of hydrogen-bond donors (Lipinski definition) is 1. The Balaban J connectivity index is 1.76. The predicted octanol–water partition coefficient (Wildman–Crippen LogP) is 5.77. The summed E-state index contributed by atoms with van der Waals surface area (Å²) in [6, 6.07) is 10.5. The van der Waals surface area contributed by atoms with Gasteiger partial charge >= 0.3 is 6.18 Å². The second-order valence-electron chi connectivity index (χ2n) is 8.50. The molecule has 0 aliphatic heterocycles. The van der Waals surface area contributed by atoms with Crippen LogP contribution in [0.2, 0.25) is 0 Å². The molecule has 192 valence electrons. The number of aryl methyl sites for hydroxylation is 1. The Labute approximate surface area is 214 Å².